The van der Waals surface area contributed by atoms with E-state index in [4.69, 9.17) is 0 Å². The van der Waals surface area contributed by atoms with Gasteiger partial charge in [-0.3, -0.25) is 14.4 Å². The molecule has 1 heterocycles. The Labute approximate surface area is 153 Å². The molecule has 0 fully saturated rings. The molecule has 25 heavy (non-hydrogen) atoms. The van der Waals surface area contributed by atoms with Crippen LogP contribution in [0.3, 0.4) is 0 Å². The van der Waals surface area contributed by atoms with Crippen molar-refractivity contribution in [2.24, 2.45) is 11.8 Å². The summed E-state index contributed by atoms with van der Waals surface area (Å²) < 4.78 is 1.76. The lowest BCUT2D eigenvalue weighted by Gasteiger charge is -2.21. The lowest BCUT2D eigenvalue weighted by molar-refractivity contribution is -0.147. The van der Waals surface area contributed by atoms with Crippen molar-refractivity contribution in [3.8, 4) is 0 Å². The fourth-order valence-corrected chi connectivity index (χ4v) is 4.60. The molecule has 0 aliphatic carbocycles. The van der Waals surface area contributed by atoms with E-state index in [0.717, 1.165) is 14.6 Å². The van der Waals surface area contributed by atoms with E-state index in [-0.39, 0.29) is 18.1 Å². The minimum atomic E-state index is -1.11. The van der Waals surface area contributed by atoms with Crippen molar-refractivity contribution >= 4 is 51.1 Å². The number of carboxylic acids is 1. The number of rotatable bonds is 8. The van der Waals surface area contributed by atoms with Crippen LogP contribution in [0.4, 0.5) is 0 Å². The monoisotopic (exact) mass is 381 g/mol. The zero-order valence-electron chi connectivity index (χ0n) is 13.8. The second-order valence-electron chi connectivity index (χ2n) is 5.30. The van der Waals surface area contributed by atoms with Crippen LogP contribution >= 0.6 is 23.1 Å². The van der Waals surface area contributed by atoms with E-state index in [1.54, 1.807) is 0 Å². The first-order valence-electron chi connectivity index (χ1n) is 7.59. The van der Waals surface area contributed by atoms with Crippen LogP contribution in [0.2, 0.25) is 0 Å². The maximum atomic E-state index is 12.1. The van der Waals surface area contributed by atoms with Crippen molar-refractivity contribution in [3.63, 3.8) is 0 Å². The number of aliphatic carboxylic acids is 1. The van der Waals surface area contributed by atoms with E-state index >= 15 is 0 Å². The van der Waals surface area contributed by atoms with E-state index in [2.05, 4.69) is 15.6 Å². The second kappa shape index (κ2) is 8.82. The van der Waals surface area contributed by atoms with Gasteiger partial charge in [0.15, 0.2) is 4.34 Å². The average Bonchev–Trinajstić information content (AvgIpc) is 3.02. The summed E-state index contributed by atoms with van der Waals surface area (Å²) >= 11 is 2.76. The lowest BCUT2D eigenvalue weighted by atomic mass is 9.89. The smallest absolute Gasteiger partial charge is 0.308 e. The Morgan fingerprint density at radius 2 is 1.92 bits per heavy atom. The Hall–Kier alpha value is -2.13. The SMILES string of the molecule is CNC(=O)CC(C(=O)NC)C(CSc1nc2ccccc2s1)C(=O)O. The molecule has 2 amide bonds. The van der Waals surface area contributed by atoms with Gasteiger partial charge in [-0.2, -0.15) is 0 Å². The largest absolute Gasteiger partial charge is 0.481 e. The third-order valence-electron chi connectivity index (χ3n) is 3.73. The molecule has 1 aromatic carbocycles. The fraction of sp³-hybridized carbons (Fsp3) is 0.375. The molecule has 1 aromatic heterocycles. The highest BCUT2D eigenvalue weighted by Gasteiger charge is 2.35. The highest BCUT2D eigenvalue weighted by atomic mass is 32.2. The minimum Gasteiger partial charge on any atom is -0.481 e. The number of amides is 2. The Morgan fingerprint density at radius 3 is 2.52 bits per heavy atom. The van der Waals surface area contributed by atoms with Crippen LogP contribution in [0.1, 0.15) is 6.42 Å². The summed E-state index contributed by atoms with van der Waals surface area (Å²) in [4.78, 5) is 39.9. The number of carbonyl (C=O) groups excluding carboxylic acids is 2. The summed E-state index contributed by atoms with van der Waals surface area (Å²) in [7, 11) is 2.88. The number of hydrogen-bond acceptors (Lipinski definition) is 6. The van der Waals surface area contributed by atoms with Crippen LogP contribution in [0.25, 0.3) is 10.2 Å². The lowest BCUT2D eigenvalue weighted by Crippen LogP contribution is -2.40. The number of aromatic nitrogens is 1. The zero-order chi connectivity index (χ0) is 18.4. The van der Waals surface area contributed by atoms with Gasteiger partial charge in [0, 0.05) is 26.3 Å². The first-order chi connectivity index (χ1) is 12.0. The van der Waals surface area contributed by atoms with Gasteiger partial charge in [-0.05, 0) is 12.1 Å². The number of carboxylic acid groups (broad SMARTS) is 1. The Balaban J connectivity index is 2.15. The van der Waals surface area contributed by atoms with Gasteiger partial charge in [-0.15, -0.1) is 11.3 Å². The molecule has 0 aliphatic rings. The topological polar surface area (TPSA) is 108 Å². The molecular weight excluding hydrogens is 362 g/mol. The van der Waals surface area contributed by atoms with Crippen LogP contribution in [0.15, 0.2) is 28.6 Å². The van der Waals surface area contributed by atoms with E-state index < -0.39 is 23.7 Å². The predicted molar refractivity (Wildman–Crippen MR) is 97.7 cm³/mol. The number of fused-ring (bicyclic) bond motifs is 1. The van der Waals surface area contributed by atoms with E-state index in [0.29, 0.717) is 0 Å². The summed E-state index contributed by atoms with van der Waals surface area (Å²) in [6.45, 7) is 0. The number of hydrogen-bond donors (Lipinski definition) is 3. The maximum absolute atomic E-state index is 12.1. The van der Waals surface area contributed by atoms with E-state index in [9.17, 15) is 19.5 Å². The van der Waals surface area contributed by atoms with Crippen molar-refractivity contribution in [2.75, 3.05) is 19.8 Å². The second-order valence-corrected chi connectivity index (χ2v) is 7.60. The van der Waals surface area contributed by atoms with Crippen molar-refractivity contribution < 1.29 is 19.5 Å². The zero-order valence-corrected chi connectivity index (χ0v) is 15.4. The molecule has 2 atom stereocenters. The van der Waals surface area contributed by atoms with Gasteiger partial charge in [0.2, 0.25) is 11.8 Å². The molecule has 2 rings (SSSR count). The van der Waals surface area contributed by atoms with Crippen molar-refractivity contribution in [2.45, 2.75) is 10.8 Å². The molecule has 0 saturated carbocycles. The molecular formula is C16H19N3O4S2. The molecule has 7 nitrogen and oxygen atoms in total. The summed E-state index contributed by atoms with van der Waals surface area (Å²) in [5.41, 5.74) is 0.857. The third kappa shape index (κ3) is 4.93. The predicted octanol–water partition coefficient (Wildman–Crippen LogP) is 1.59. The number of nitrogens with zero attached hydrogens (tertiary/aromatic N) is 1. The fourth-order valence-electron chi connectivity index (χ4n) is 2.34. The van der Waals surface area contributed by atoms with E-state index in [1.807, 2.05) is 24.3 Å². The highest BCUT2D eigenvalue weighted by Crippen LogP contribution is 2.32. The summed E-state index contributed by atoms with van der Waals surface area (Å²) in [5, 5.41) is 14.4. The minimum absolute atomic E-state index is 0.157. The number of carbonyl (C=O) groups is 3. The van der Waals surface area contributed by atoms with Crippen LogP contribution in [-0.2, 0) is 14.4 Å². The van der Waals surface area contributed by atoms with Crippen LogP contribution in [-0.4, -0.2) is 47.7 Å². The molecule has 9 heteroatoms. The highest BCUT2D eigenvalue weighted by molar-refractivity contribution is 8.01. The van der Waals surface area contributed by atoms with Gasteiger partial charge in [-0.25, -0.2) is 4.98 Å². The summed E-state index contributed by atoms with van der Waals surface area (Å²) in [5.74, 6) is -3.71. The van der Waals surface area contributed by atoms with Gasteiger partial charge >= 0.3 is 5.97 Å². The Bertz CT molecular complexity index is 745. The molecule has 2 unspecified atom stereocenters. The van der Waals surface area contributed by atoms with Gasteiger partial charge in [-0.1, -0.05) is 23.9 Å². The van der Waals surface area contributed by atoms with Gasteiger partial charge < -0.3 is 15.7 Å². The quantitative estimate of drug-likeness (QED) is 0.599. The van der Waals surface area contributed by atoms with Gasteiger partial charge in [0.1, 0.15) is 0 Å². The van der Waals surface area contributed by atoms with Gasteiger partial charge in [0.05, 0.1) is 22.1 Å². The molecule has 134 valence electrons. The third-order valence-corrected chi connectivity index (χ3v) is 6.03. The molecule has 2 aromatic rings. The molecule has 0 radical (unpaired) electrons. The number of benzene rings is 1. The Kier molecular flexibility index (Phi) is 6.77. The van der Waals surface area contributed by atoms with Crippen LogP contribution in [0.5, 0.6) is 0 Å². The normalized spacial score (nSPS) is 13.2. The number of thioether (sulfide) groups is 1. The number of para-hydroxylation sites is 1. The summed E-state index contributed by atoms with van der Waals surface area (Å²) in [6.07, 6.45) is -0.173. The van der Waals surface area contributed by atoms with Crippen molar-refractivity contribution in [1.29, 1.82) is 0 Å². The molecule has 3 N–H and O–H groups in total. The van der Waals surface area contributed by atoms with Crippen molar-refractivity contribution in [1.82, 2.24) is 15.6 Å². The molecule has 0 saturated heterocycles. The first kappa shape index (κ1) is 19.2. The first-order valence-corrected chi connectivity index (χ1v) is 9.39. The molecule has 0 bridgehead atoms. The van der Waals surface area contributed by atoms with Crippen molar-refractivity contribution in [3.05, 3.63) is 24.3 Å². The van der Waals surface area contributed by atoms with Gasteiger partial charge in [0.25, 0.3) is 0 Å². The number of nitrogens with one attached hydrogen (secondary N) is 2. The molecule has 0 aliphatic heterocycles. The number of thiazole rings is 1. The molecule has 0 spiro atoms. The Morgan fingerprint density at radius 1 is 1.20 bits per heavy atom. The van der Waals surface area contributed by atoms with E-state index in [1.165, 1.54) is 37.2 Å². The average molecular weight is 381 g/mol. The summed E-state index contributed by atoms with van der Waals surface area (Å²) in [6, 6.07) is 7.65. The maximum Gasteiger partial charge on any atom is 0.308 e. The van der Waals surface area contributed by atoms with Crippen LogP contribution < -0.4 is 10.6 Å². The van der Waals surface area contributed by atoms with Crippen LogP contribution in [0, 0.1) is 11.8 Å². The standard InChI is InChI=1S/C16H19N3O4S2/c1-17-13(20)7-9(14(21)18-2)10(15(22)23)8-24-16-19-11-5-3-4-6-12(11)25-16/h3-6,9-10H,7-8H2,1-2H3,(H,17,20)(H,18,21)(H,22,23).